The third-order valence-corrected chi connectivity index (χ3v) is 6.47. The van der Waals surface area contributed by atoms with Gasteiger partial charge in [-0.1, -0.05) is 0 Å². The molecule has 0 aromatic heterocycles. The lowest BCUT2D eigenvalue weighted by atomic mass is 9.82. The lowest BCUT2D eigenvalue weighted by molar-refractivity contribution is 0.0785. The fourth-order valence-corrected chi connectivity index (χ4v) is 4.43. The minimum atomic E-state index is -0.744. The van der Waals surface area contributed by atoms with Crippen LogP contribution < -0.4 is 9.47 Å². The summed E-state index contributed by atoms with van der Waals surface area (Å²) in [5.41, 5.74) is 2.03. The van der Waals surface area contributed by atoms with E-state index in [0.717, 1.165) is 12.0 Å². The van der Waals surface area contributed by atoms with Crippen molar-refractivity contribution >= 4 is 5.78 Å². The van der Waals surface area contributed by atoms with E-state index in [2.05, 4.69) is 0 Å². The normalized spacial score (nSPS) is 19.2. The van der Waals surface area contributed by atoms with Crippen LogP contribution in [0, 0.1) is 6.92 Å². The van der Waals surface area contributed by atoms with Crippen LogP contribution >= 0.6 is 0 Å². The van der Waals surface area contributed by atoms with Gasteiger partial charge in [0.1, 0.15) is 46.5 Å². The van der Waals surface area contributed by atoms with Gasteiger partial charge in [0.05, 0.1) is 5.92 Å². The number of rotatable bonds is 4. The third kappa shape index (κ3) is 3.75. The predicted molar refractivity (Wildman–Crippen MR) is 120 cm³/mol. The van der Waals surface area contributed by atoms with Gasteiger partial charge in [0, 0.05) is 23.2 Å². The molecule has 0 aliphatic carbocycles. The molecule has 7 heteroatoms. The molecule has 1 unspecified atom stereocenters. The molecular weight excluding hydrogens is 410 g/mol. The smallest absolute Gasteiger partial charge is 0.181 e. The van der Waals surface area contributed by atoms with Gasteiger partial charge < -0.3 is 29.7 Å². The zero-order valence-electron chi connectivity index (χ0n) is 19.3. The maximum absolute atomic E-state index is 13.6. The van der Waals surface area contributed by atoms with Crippen molar-refractivity contribution in [1.29, 1.82) is 0 Å². The molecule has 0 amide bonds. The topological polar surface area (TPSA) is 99.5 Å². The van der Waals surface area contributed by atoms with Crippen molar-refractivity contribution in [1.82, 2.24) is 4.90 Å². The highest BCUT2D eigenvalue weighted by Crippen LogP contribution is 2.51. The molecule has 0 fully saturated rings. The van der Waals surface area contributed by atoms with Crippen LogP contribution in [0.3, 0.4) is 0 Å². The Bertz CT molecular complexity index is 1070. The minimum Gasteiger partial charge on any atom is -0.508 e. The van der Waals surface area contributed by atoms with Crippen molar-refractivity contribution in [3.05, 3.63) is 39.9 Å². The Hall–Kier alpha value is -2.93. The molecule has 2 heterocycles. The van der Waals surface area contributed by atoms with Crippen molar-refractivity contribution in [2.75, 3.05) is 27.2 Å². The standard InChI is InChI=1S/C25H31NO6/c1-13-18(27)10-14(11-19(13)28)17-12-31-24-16-6-8-25(2,3)32-23(16)15(7-9-26(4)5)21(29)20(24)22(17)30/h10-11,17,27-29H,6-9,12H2,1-5H3. The number of phenols is 3. The molecule has 2 aliphatic rings. The van der Waals surface area contributed by atoms with Gasteiger partial charge in [0.2, 0.25) is 0 Å². The number of hydrogen-bond acceptors (Lipinski definition) is 7. The molecule has 172 valence electrons. The number of carbonyl (C=O) groups excluding carboxylic acids is 1. The van der Waals surface area contributed by atoms with Crippen LogP contribution in [0.2, 0.25) is 0 Å². The number of fused-ring (bicyclic) bond motifs is 3. The molecule has 2 aliphatic heterocycles. The summed E-state index contributed by atoms with van der Waals surface area (Å²) in [7, 11) is 3.90. The molecule has 2 aromatic carbocycles. The molecule has 0 radical (unpaired) electrons. The summed E-state index contributed by atoms with van der Waals surface area (Å²) in [6.07, 6.45) is 1.98. The molecular formula is C25H31NO6. The van der Waals surface area contributed by atoms with Crippen molar-refractivity contribution < 1.29 is 29.6 Å². The molecule has 1 atom stereocenters. The van der Waals surface area contributed by atoms with Crippen molar-refractivity contribution in [2.45, 2.75) is 51.6 Å². The van der Waals surface area contributed by atoms with Gasteiger partial charge in [0.15, 0.2) is 5.78 Å². The van der Waals surface area contributed by atoms with E-state index < -0.39 is 5.92 Å². The summed E-state index contributed by atoms with van der Waals surface area (Å²) in [6.45, 7) is 6.36. The van der Waals surface area contributed by atoms with Crippen LogP contribution in [0.1, 0.15) is 58.8 Å². The van der Waals surface area contributed by atoms with Gasteiger partial charge >= 0.3 is 0 Å². The number of aromatic hydroxyl groups is 3. The number of benzene rings is 2. The highest BCUT2D eigenvalue weighted by Gasteiger charge is 2.41. The summed E-state index contributed by atoms with van der Waals surface area (Å²) in [4.78, 5) is 15.6. The number of nitrogens with zero attached hydrogens (tertiary/aromatic N) is 1. The molecule has 0 spiro atoms. The van der Waals surface area contributed by atoms with Gasteiger partial charge in [-0.25, -0.2) is 0 Å². The second-order valence-corrected chi connectivity index (χ2v) is 9.67. The molecule has 0 bridgehead atoms. The van der Waals surface area contributed by atoms with Gasteiger partial charge in [-0.15, -0.1) is 0 Å². The van der Waals surface area contributed by atoms with Gasteiger partial charge in [0.25, 0.3) is 0 Å². The van der Waals surface area contributed by atoms with Crippen LogP contribution in [0.5, 0.6) is 28.7 Å². The fraction of sp³-hybridized carbons (Fsp3) is 0.480. The maximum Gasteiger partial charge on any atom is 0.181 e. The summed E-state index contributed by atoms with van der Waals surface area (Å²) in [5.74, 6) is -0.295. The lowest BCUT2D eigenvalue weighted by Crippen LogP contribution is -2.35. The summed E-state index contributed by atoms with van der Waals surface area (Å²) < 4.78 is 12.3. The number of carbonyl (C=O) groups is 1. The van der Waals surface area contributed by atoms with Gasteiger partial charge in [-0.3, -0.25) is 4.79 Å². The van der Waals surface area contributed by atoms with Crippen LogP contribution in [-0.4, -0.2) is 58.9 Å². The average Bonchev–Trinajstić information content (AvgIpc) is 2.70. The van der Waals surface area contributed by atoms with E-state index in [-0.39, 0.29) is 40.8 Å². The number of hydrogen-bond donors (Lipinski definition) is 3. The van der Waals surface area contributed by atoms with Crippen LogP contribution in [0.25, 0.3) is 0 Å². The van der Waals surface area contributed by atoms with E-state index in [1.807, 2.05) is 32.8 Å². The zero-order valence-corrected chi connectivity index (χ0v) is 19.3. The first-order chi connectivity index (χ1) is 15.0. The minimum absolute atomic E-state index is 0.0556. The Kier molecular flexibility index (Phi) is 5.49. The van der Waals surface area contributed by atoms with E-state index in [1.54, 1.807) is 6.92 Å². The van der Waals surface area contributed by atoms with Crippen molar-refractivity contribution in [2.24, 2.45) is 0 Å². The number of Topliss-reactive ketones (excluding diaryl/α,β-unsaturated/α-hetero) is 1. The van der Waals surface area contributed by atoms with Crippen LogP contribution in [-0.2, 0) is 12.8 Å². The summed E-state index contributed by atoms with van der Waals surface area (Å²) in [5, 5.41) is 31.5. The first-order valence-electron chi connectivity index (χ1n) is 10.9. The largest absolute Gasteiger partial charge is 0.508 e. The lowest BCUT2D eigenvalue weighted by Gasteiger charge is -2.37. The number of likely N-dealkylation sites (N-methyl/N-ethyl adjacent to an activating group) is 1. The fourth-order valence-electron chi connectivity index (χ4n) is 4.43. The molecule has 3 N–H and O–H groups in total. The SMILES string of the molecule is Cc1c(O)cc(C2COc3c4c(c(CCN(C)C)c(O)c3C2=O)OC(C)(C)CC4)cc1O. The second-order valence-electron chi connectivity index (χ2n) is 9.67. The van der Waals surface area contributed by atoms with Crippen molar-refractivity contribution in [3.63, 3.8) is 0 Å². The summed E-state index contributed by atoms with van der Waals surface area (Å²) in [6, 6.07) is 2.94. The molecule has 2 aromatic rings. The molecule has 32 heavy (non-hydrogen) atoms. The predicted octanol–water partition coefficient (Wildman–Crippen LogP) is 3.68. The highest BCUT2D eigenvalue weighted by atomic mass is 16.5. The van der Waals surface area contributed by atoms with Gasteiger partial charge in [-0.2, -0.15) is 0 Å². The Morgan fingerprint density at radius 1 is 1.12 bits per heavy atom. The Balaban J connectivity index is 1.84. The Morgan fingerprint density at radius 3 is 2.41 bits per heavy atom. The zero-order chi connectivity index (χ0) is 23.4. The van der Waals surface area contributed by atoms with Gasteiger partial charge in [-0.05, 0) is 71.8 Å². The third-order valence-electron chi connectivity index (χ3n) is 6.47. The average molecular weight is 442 g/mol. The Morgan fingerprint density at radius 2 is 1.78 bits per heavy atom. The molecule has 7 nitrogen and oxygen atoms in total. The van der Waals surface area contributed by atoms with Crippen molar-refractivity contribution in [3.8, 4) is 28.7 Å². The second kappa shape index (κ2) is 7.89. The highest BCUT2D eigenvalue weighted by molar-refractivity contribution is 6.07. The monoisotopic (exact) mass is 441 g/mol. The molecule has 0 saturated heterocycles. The number of ketones is 1. The van der Waals surface area contributed by atoms with E-state index in [9.17, 15) is 20.1 Å². The van der Waals surface area contributed by atoms with Crippen LogP contribution in [0.4, 0.5) is 0 Å². The maximum atomic E-state index is 13.6. The Labute approximate surface area is 188 Å². The summed E-state index contributed by atoms with van der Waals surface area (Å²) >= 11 is 0. The van der Waals surface area contributed by atoms with E-state index in [1.165, 1.54) is 12.1 Å². The molecule has 4 rings (SSSR count). The quantitative estimate of drug-likeness (QED) is 0.666. The number of phenolic OH excluding ortho intramolecular Hbond substituents is 3. The van der Waals surface area contributed by atoms with E-state index in [4.69, 9.17) is 9.47 Å². The first kappa shape index (κ1) is 22.3. The van der Waals surface area contributed by atoms with Crippen LogP contribution in [0.15, 0.2) is 12.1 Å². The first-order valence-corrected chi connectivity index (χ1v) is 10.9. The van der Waals surface area contributed by atoms with E-state index in [0.29, 0.717) is 47.6 Å². The van der Waals surface area contributed by atoms with E-state index >= 15 is 0 Å². The molecule has 0 saturated carbocycles. The number of ether oxygens (including phenoxy) is 2.